The van der Waals surface area contributed by atoms with Crippen molar-refractivity contribution in [1.82, 2.24) is 15.0 Å². The van der Waals surface area contributed by atoms with Crippen molar-refractivity contribution < 1.29 is 19.3 Å². The highest BCUT2D eigenvalue weighted by Crippen LogP contribution is 2.19. The Morgan fingerprint density at radius 3 is 2.44 bits per heavy atom. The molecule has 18 heavy (non-hydrogen) atoms. The minimum atomic E-state index is -0.882. The highest BCUT2D eigenvalue weighted by molar-refractivity contribution is 5.28. The average Bonchev–Trinajstić information content (AvgIpc) is 2.83. The van der Waals surface area contributed by atoms with Crippen molar-refractivity contribution in [2.24, 2.45) is 0 Å². The van der Waals surface area contributed by atoms with E-state index >= 15 is 0 Å². The number of hydrogen-bond donors (Lipinski definition) is 2. The van der Waals surface area contributed by atoms with Crippen molar-refractivity contribution in [1.29, 1.82) is 0 Å². The Morgan fingerprint density at radius 1 is 1.28 bits per heavy atom. The van der Waals surface area contributed by atoms with Crippen molar-refractivity contribution in [3.05, 3.63) is 0 Å². The van der Waals surface area contributed by atoms with Crippen molar-refractivity contribution in [2.75, 3.05) is 39.3 Å². The molecule has 0 aromatic carbocycles. The van der Waals surface area contributed by atoms with Crippen LogP contribution < -0.4 is 14.8 Å². The molecule has 2 heterocycles. The van der Waals surface area contributed by atoms with Gasteiger partial charge in [0, 0.05) is 19.6 Å². The highest BCUT2D eigenvalue weighted by atomic mass is 16.5. The van der Waals surface area contributed by atoms with E-state index in [-0.39, 0.29) is 12.0 Å². The molecule has 2 N–H and O–H groups in total. The molecule has 0 radical (unpaired) electrons. The monoisotopic (exact) mass is 256 g/mol. The lowest BCUT2D eigenvalue weighted by atomic mass is 10.0. The van der Waals surface area contributed by atoms with Crippen LogP contribution >= 0.6 is 0 Å². The van der Waals surface area contributed by atoms with Crippen LogP contribution in [0.1, 0.15) is 6.42 Å². The highest BCUT2D eigenvalue weighted by Gasteiger charge is 2.32. The minimum Gasteiger partial charge on any atom is -0.467 e. The summed E-state index contributed by atoms with van der Waals surface area (Å²) in [6, 6.07) is 0.304. The molecule has 0 amide bonds. The Balaban J connectivity index is 2.04. The van der Waals surface area contributed by atoms with E-state index in [2.05, 4.69) is 20.3 Å². The van der Waals surface area contributed by atoms with Gasteiger partial charge in [0.25, 0.3) is 0 Å². The summed E-state index contributed by atoms with van der Waals surface area (Å²) in [7, 11) is 2.91. The summed E-state index contributed by atoms with van der Waals surface area (Å²) in [6.45, 7) is 1.16. The number of aliphatic hydroxyl groups is 1. The lowest BCUT2D eigenvalue weighted by Crippen LogP contribution is -2.37. The second kappa shape index (κ2) is 5.32. The first-order valence-corrected chi connectivity index (χ1v) is 5.53. The molecule has 1 aliphatic rings. The van der Waals surface area contributed by atoms with Crippen LogP contribution in [-0.4, -0.2) is 59.6 Å². The Kier molecular flexibility index (Phi) is 3.78. The Labute approximate surface area is 104 Å². The Morgan fingerprint density at radius 2 is 1.94 bits per heavy atom. The van der Waals surface area contributed by atoms with Gasteiger partial charge in [0.1, 0.15) is 5.60 Å². The van der Waals surface area contributed by atoms with Crippen LogP contribution in [-0.2, 0) is 4.74 Å². The molecule has 100 valence electrons. The van der Waals surface area contributed by atoms with Crippen molar-refractivity contribution in [3.8, 4) is 12.0 Å². The summed E-state index contributed by atoms with van der Waals surface area (Å²) in [5.41, 5.74) is -0.882. The lowest BCUT2D eigenvalue weighted by molar-refractivity contribution is 0.0380. The van der Waals surface area contributed by atoms with Crippen LogP contribution in [0.4, 0.5) is 5.95 Å². The first-order valence-electron chi connectivity index (χ1n) is 5.53. The van der Waals surface area contributed by atoms with E-state index in [0.717, 1.165) is 0 Å². The second-order valence-corrected chi connectivity index (χ2v) is 4.01. The fourth-order valence-corrected chi connectivity index (χ4v) is 1.58. The number of methoxy groups -OCH3 is 2. The van der Waals surface area contributed by atoms with E-state index in [1.54, 1.807) is 0 Å². The van der Waals surface area contributed by atoms with Gasteiger partial charge in [-0.1, -0.05) is 0 Å². The van der Waals surface area contributed by atoms with E-state index in [0.29, 0.717) is 32.1 Å². The summed E-state index contributed by atoms with van der Waals surface area (Å²) in [4.78, 5) is 11.9. The van der Waals surface area contributed by atoms with Gasteiger partial charge in [-0.05, 0) is 0 Å². The summed E-state index contributed by atoms with van der Waals surface area (Å²) in [6.07, 6.45) is 0.583. The largest absolute Gasteiger partial charge is 0.467 e. The Bertz CT molecular complexity index is 387. The van der Waals surface area contributed by atoms with Crippen molar-refractivity contribution in [2.45, 2.75) is 12.0 Å². The van der Waals surface area contributed by atoms with E-state index in [9.17, 15) is 5.11 Å². The maximum atomic E-state index is 10.1. The number of nitrogens with zero attached hydrogens (tertiary/aromatic N) is 3. The number of aromatic nitrogens is 3. The number of ether oxygens (including phenoxy) is 3. The summed E-state index contributed by atoms with van der Waals surface area (Å²) in [5.74, 6) is 0.291. The molecule has 0 bridgehead atoms. The molecule has 0 aliphatic carbocycles. The zero-order valence-corrected chi connectivity index (χ0v) is 10.3. The first-order chi connectivity index (χ1) is 8.65. The SMILES string of the molecule is COc1nc(NCC2(O)CCOC2)nc(OC)n1. The van der Waals surface area contributed by atoms with Gasteiger partial charge in [-0.3, -0.25) is 0 Å². The van der Waals surface area contributed by atoms with Gasteiger partial charge in [-0.2, -0.15) is 9.97 Å². The molecule has 0 saturated carbocycles. The van der Waals surface area contributed by atoms with Gasteiger partial charge in [-0.15, -0.1) is 4.98 Å². The third-order valence-electron chi connectivity index (χ3n) is 2.62. The van der Waals surface area contributed by atoms with Gasteiger partial charge < -0.3 is 24.6 Å². The van der Waals surface area contributed by atoms with Crippen molar-refractivity contribution >= 4 is 5.95 Å². The number of hydrogen-bond acceptors (Lipinski definition) is 8. The van der Waals surface area contributed by atoms with Gasteiger partial charge in [0.05, 0.1) is 20.8 Å². The minimum absolute atomic E-state index is 0.152. The molecule has 1 atom stereocenters. The van der Waals surface area contributed by atoms with E-state index in [1.165, 1.54) is 14.2 Å². The normalized spacial score (nSPS) is 22.8. The fourth-order valence-electron chi connectivity index (χ4n) is 1.58. The standard InChI is InChI=1S/C10H16N4O4/c1-16-8-12-7(13-9(14-8)17-2)11-5-10(15)3-4-18-6-10/h15H,3-6H2,1-2H3,(H,11,12,13,14). The summed E-state index contributed by atoms with van der Waals surface area (Å²) >= 11 is 0. The fraction of sp³-hybridized carbons (Fsp3) is 0.700. The maximum absolute atomic E-state index is 10.1. The third-order valence-corrected chi connectivity index (χ3v) is 2.62. The van der Waals surface area contributed by atoms with Gasteiger partial charge in [0.15, 0.2) is 0 Å². The second-order valence-electron chi connectivity index (χ2n) is 4.01. The average molecular weight is 256 g/mol. The Hall–Kier alpha value is -1.67. The zero-order chi connectivity index (χ0) is 13.0. The summed E-state index contributed by atoms with van der Waals surface area (Å²) < 4.78 is 15.0. The van der Waals surface area contributed by atoms with Crippen LogP contribution in [0.3, 0.4) is 0 Å². The van der Waals surface area contributed by atoms with Gasteiger partial charge in [0.2, 0.25) is 5.95 Å². The number of anilines is 1. The van der Waals surface area contributed by atoms with E-state index < -0.39 is 5.60 Å². The molecule has 1 fully saturated rings. The molecule has 8 nitrogen and oxygen atoms in total. The molecule has 1 saturated heterocycles. The molecule has 1 aromatic heterocycles. The van der Waals surface area contributed by atoms with E-state index in [1.807, 2.05) is 0 Å². The summed E-state index contributed by atoms with van der Waals surface area (Å²) in [5, 5.41) is 13.0. The molecule has 0 spiro atoms. The zero-order valence-electron chi connectivity index (χ0n) is 10.3. The van der Waals surface area contributed by atoms with Crippen molar-refractivity contribution in [3.63, 3.8) is 0 Å². The van der Waals surface area contributed by atoms with Gasteiger partial charge >= 0.3 is 12.0 Å². The molecule has 1 unspecified atom stereocenters. The number of nitrogens with one attached hydrogen (secondary N) is 1. The predicted molar refractivity (Wildman–Crippen MR) is 61.8 cm³/mol. The van der Waals surface area contributed by atoms with Crippen LogP contribution in [0.2, 0.25) is 0 Å². The van der Waals surface area contributed by atoms with E-state index in [4.69, 9.17) is 14.2 Å². The predicted octanol–water partition coefficient (Wildman–Crippen LogP) is -0.548. The quantitative estimate of drug-likeness (QED) is 0.724. The van der Waals surface area contributed by atoms with Crippen LogP contribution in [0.5, 0.6) is 12.0 Å². The van der Waals surface area contributed by atoms with Gasteiger partial charge in [-0.25, -0.2) is 0 Å². The maximum Gasteiger partial charge on any atom is 0.324 e. The lowest BCUT2D eigenvalue weighted by Gasteiger charge is -2.20. The molecular weight excluding hydrogens is 240 g/mol. The molecular formula is C10H16N4O4. The first kappa shape index (κ1) is 12.8. The number of rotatable bonds is 5. The topological polar surface area (TPSA) is 98.6 Å². The molecule has 2 rings (SSSR count). The molecule has 1 aromatic rings. The third kappa shape index (κ3) is 2.96. The smallest absolute Gasteiger partial charge is 0.324 e. The van der Waals surface area contributed by atoms with Crippen LogP contribution in [0, 0.1) is 0 Å². The molecule has 8 heteroatoms. The van der Waals surface area contributed by atoms with Crippen LogP contribution in [0.15, 0.2) is 0 Å². The van der Waals surface area contributed by atoms with Crippen LogP contribution in [0.25, 0.3) is 0 Å². The molecule has 1 aliphatic heterocycles.